The van der Waals surface area contributed by atoms with Gasteiger partial charge in [-0.1, -0.05) is 13.8 Å². The molecule has 1 aromatic rings. The molecule has 1 aromatic carbocycles. The molecule has 19 heavy (non-hydrogen) atoms. The monoisotopic (exact) mass is 267 g/mol. The van der Waals surface area contributed by atoms with Crippen molar-refractivity contribution in [3.05, 3.63) is 33.9 Å². The first-order chi connectivity index (χ1) is 8.86. The average Bonchev–Trinajstić information content (AvgIpc) is 2.35. The van der Waals surface area contributed by atoms with Crippen LogP contribution in [0.3, 0.4) is 0 Å². The van der Waals surface area contributed by atoms with Gasteiger partial charge in [0.2, 0.25) is 5.91 Å². The van der Waals surface area contributed by atoms with Crippen molar-refractivity contribution in [1.29, 1.82) is 0 Å². The fraction of sp³-hybridized carbons (Fsp3) is 0.417. The molecule has 4 N–H and O–H groups in total. The van der Waals surface area contributed by atoms with Crippen molar-refractivity contribution in [2.45, 2.75) is 19.9 Å². The maximum absolute atomic E-state index is 11.0. The lowest BCUT2D eigenvalue weighted by Crippen LogP contribution is -2.29. The quantitative estimate of drug-likeness (QED) is 0.527. The van der Waals surface area contributed by atoms with E-state index in [-0.39, 0.29) is 35.5 Å². The molecular weight excluding hydrogens is 250 g/mol. The summed E-state index contributed by atoms with van der Waals surface area (Å²) in [5.41, 5.74) is 5.17. The molecule has 0 spiro atoms. The summed E-state index contributed by atoms with van der Waals surface area (Å²) in [6.45, 7) is 3.63. The number of hydrogen-bond donors (Lipinski definition) is 3. The molecular formula is C12H17N3O4. The second kappa shape index (κ2) is 6.14. The van der Waals surface area contributed by atoms with Crippen LogP contribution in [0, 0.1) is 16.0 Å². The number of aliphatic hydroxyl groups is 1. The summed E-state index contributed by atoms with van der Waals surface area (Å²) in [4.78, 5) is 21.4. The minimum absolute atomic E-state index is 0.0716. The molecule has 0 aliphatic heterocycles. The van der Waals surface area contributed by atoms with Crippen LogP contribution in [-0.2, 0) is 0 Å². The van der Waals surface area contributed by atoms with Crippen molar-refractivity contribution >= 4 is 17.3 Å². The lowest BCUT2D eigenvalue weighted by atomic mass is 10.0. The normalized spacial score (nSPS) is 12.2. The predicted octanol–water partition coefficient (Wildman–Crippen LogP) is 1.12. The van der Waals surface area contributed by atoms with Crippen LogP contribution in [0.5, 0.6) is 0 Å². The zero-order valence-corrected chi connectivity index (χ0v) is 10.8. The van der Waals surface area contributed by atoms with E-state index in [2.05, 4.69) is 5.32 Å². The second-order valence-electron chi connectivity index (χ2n) is 4.53. The van der Waals surface area contributed by atoms with Gasteiger partial charge in [-0.3, -0.25) is 14.9 Å². The van der Waals surface area contributed by atoms with Gasteiger partial charge in [0.1, 0.15) is 5.69 Å². The Labute approximate surface area is 110 Å². The van der Waals surface area contributed by atoms with Gasteiger partial charge in [0.05, 0.1) is 17.6 Å². The Hall–Kier alpha value is -2.15. The van der Waals surface area contributed by atoms with E-state index in [0.717, 1.165) is 6.07 Å². The number of hydrogen-bond acceptors (Lipinski definition) is 5. The molecule has 0 bridgehead atoms. The van der Waals surface area contributed by atoms with Gasteiger partial charge in [0.25, 0.3) is 5.69 Å². The van der Waals surface area contributed by atoms with Crippen LogP contribution < -0.4 is 11.1 Å². The summed E-state index contributed by atoms with van der Waals surface area (Å²) in [6, 6.07) is 3.65. The molecule has 7 heteroatoms. The Morgan fingerprint density at radius 3 is 2.58 bits per heavy atom. The number of nitrogens with one attached hydrogen (secondary N) is 1. The zero-order valence-electron chi connectivity index (χ0n) is 10.8. The smallest absolute Gasteiger partial charge is 0.293 e. The van der Waals surface area contributed by atoms with E-state index in [4.69, 9.17) is 5.73 Å². The lowest BCUT2D eigenvalue weighted by molar-refractivity contribution is -0.384. The largest absolute Gasteiger partial charge is 0.394 e. The summed E-state index contributed by atoms with van der Waals surface area (Å²) in [7, 11) is 0. The third-order valence-electron chi connectivity index (χ3n) is 2.82. The third-order valence-corrected chi connectivity index (χ3v) is 2.82. The number of aliphatic hydroxyl groups excluding tert-OH is 1. The number of carbonyl (C=O) groups excluding carboxylic acids is 1. The second-order valence-corrected chi connectivity index (χ2v) is 4.53. The van der Waals surface area contributed by atoms with Crippen LogP contribution in [0.4, 0.5) is 11.4 Å². The molecule has 0 fully saturated rings. The molecule has 0 saturated heterocycles. The van der Waals surface area contributed by atoms with Crippen molar-refractivity contribution in [3.8, 4) is 0 Å². The number of benzene rings is 1. The van der Waals surface area contributed by atoms with Crippen molar-refractivity contribution < 1.29 is 14.8 Å². The molecule has 1 amide bonds. The lowest BCUT2D eigenvalue weighted by Gasteiger charge is -2.21. The van der Waals surface area contributed by atoms with E-state index in [9.17, 15) is 20.0 Å². The molecule has 0 heterocycles. The molecule has 0 saturated carbocycles. The van der Waals surface area contributed by atoms with E-state index in [1.165, 1.54) is 12.1 Å². The Bertz CT molecular complexity index is 488. The molecule has 1 atom stereocenters. The fourth-order valence-electron chi connectivity index (χ4n) is 1.58. The van der Waals surface area contributed by atoms with Crippen LogP contribution in [-0.4, -0.2) is 28.6 Å². The SMILES string of the molecule is CC(C)[C@@H](CO)Nc1ccc(C(N)=O)cc1[N+](=O)[O-]. The zero-order chi connectivity index (χ0) is 14.6. The summed E-state index contributed by atoms with van der Waals surface area (Å²) in [5, 5.41) is 23.1. The van der Waals surface area contributed by atoms with Gasteiger partial charge in [-0.2, -0.15) is 0 Å². The van der Waals surface area contributed by atoms with E-state index in [0.29, 0.717) is 0 Å². The van der Waals surface area contributed by atoms with Crippen LogP contribution in [0.2, 0.25) is 0 Å². The van der Waals surface area contributed by atoms with Crippen molar-refractivity contribution in [1.82, 2.24) is 0 Å². The maximum Gasteiger partial charge on any atom is 0.293 e. The van der Waals surface area contributed by atoms with Crippen molar-refractivity contribution in [3.63, 3.8) is 0 Å². The van der Waals surface area contributed by atoms with Gasteiger partial charge in [-0.05, 0) is 18.1 Å². The minimum Gasteiger partial charge on any atom is -0.394 e. The van der Waals surface area contributed by atoms with Gasteiger partial charge < -0.3 is 16.2 Å². The van der Waals surface area contributed by atoms with Crippen molar-refractivity contribution in [2.75, 3.05) is 11.9 Å². The number of carbonyl (C=O) groups is 1. The summed E-state index contributed by atoms with van der Waals surface area (Å²) >= 11 is 0. The number of nitrogens with two attached hydrogens (primary N) is 1. The van der Waals surface area contributed by atoms with Crippen LogP contribution in [0.1, 0.15) is 24.2 Å². The number of anilines is 1. The Morgan fingerprint density at radius 2 is 2.16 bits per heavy atom. The molecule has 0 aromatic heterocycles. The highest BCUT2D eigenvalue weighted by Crippen LogP contribution is 2.27. The standard InChI is InChI=1S/C12H17N3O4/c1-7(2)10(6-16)14-9-4-3-8(12(13)17)5-11(9)15(18)19/h3-5,7,10,14,16H,6H2,1-2H3,(H2,13,17)/t10-/m1/s1. The first-order valence-electron chi connectivity index (χ1n) is 5.82. The first-order valence-corrected chi connectivity index (χ1v) is 5.82. The molecule has 7 nitrogen and oxygen atoms in total. The van der Waals surface area contributed by atoms with Gasteiger partial charge in [-0.25, -0.2) is 0 Å². The Kier molecular flexibility index (Phi) is 4.82. The minimum atomic E-state index is -0.725. The number of rotatable bonds is 6. The number of nitro groups is 1. The molecule has 0 aliphatic carbocycles. The summed E-state index contributed by atoms with van der Waals surface area (Å²) in [6.07, 6.45) is 0. The van der Waals surface area contributed by atoms with E-state index in [1.807, 2.05) is 13.8 Å². The summed E-state index contributed by atoms with van der Waals surface area (Å²) < 4.78 is 0. The average molecular weight is 267 g/mol. The van der Waals surface area contributed by atoms with Gasteiger partial charge >= 0.3 is 0 Å². The third kappa shape index (κ3) is 3.65. The van der Waals surface area contributed by atoms with E-state index in [1.54, 1.807) is 0 Å². The Morgan fingerprint density at radius 1 is 1.53 bits per heavy atom. The first kappa shape index (κ1) is 14.9. The number of nitro benzene ring substituents is 1. The highest BCUT2D eigenvalue weighted by atomic mass is 16.6. The summed E-state index contributed by atoms with van der Waals surface area (Å²) in [5.74, 6) is -0.627. The van der Waals surface area contributed by atoms with Gasteiger partial charge in [0, 0.05) is 11.6 Å². The van der Waals surface area contributed by atoms with Gasteiger partial charge in [-0.15, -0.1) is 0 Å². The van der Waals surface area contributed by atoms with Crippen LogP contribution >= 0.6 is 0 Å². The molecule has 104 valence electrons. The predicted molar refractivity (Wildman–Crippen MR) is 70.9 cm³/mol. The number of nitrogens with zero attached hydrogens (tertiary/aromatic N) is 1. The molecule has 0 unspecified atom stereocenters. The fourth-order valence-corrected chi connectivity index (χ4v) is 1.58. The number of amides is 1. The highest BCUT2D eigenvalue weighted by Gasteiger charge is 2.20. The van der Waals surface area contributed by atoms with Crippen LogP contribution in [0.15, 0.2) is 18.2 Å². The van der Waals surface area contributed by atoms with Gasteiger partial charge in [0.15, 0.2) is 0 Å². The Balaban J connectivity index is 3.13. The van der Waals surface area contributed by atoms with E-state index < -0.39 is 10.8 Å². The van der Waals surface area contributed by atoms with E-state index >= 15 is 0 Å². The molecule has 1 rings (SSSR count). The van der Waals surface area contributed by atoms with Crippen molar-refractivity contribution in [2.24, 2.45) is 11.7 Å². The number of primary amides is 1. The maximum atomic E-state index is 11.0. The van der Waals surface area contributed by atoms with Crippen LogP contribution in [0.25, 0.3) is 0 Å². The highest BCUT2D eigenvalue weighted by molar-refractivity contribution is 5.94. The molecule has 0 aliphatic rings. The topological polar surface area (TPSA) is 118 Å². The molecule has 0 radical (unpaired) electrons.